The second-order valence-electron chi connectivity index (χ2n) is 3.31. The van der Waals surface area contributed by atoms with E-state index in [-0.39, 0.29) is 12.2 Å². The fraction of sp³-hybridized carbons (Fsp3) is 0.333. The molecule has 8 heteroatoms. The average molecular weight is 261 g/mol. The Morgan fingerprint density at radius 3 is 2.65 bits per heavy atom. The van der Waals surface area contributed by atoms with E-state index in [0.29, 0.717) is 0 Å². The molecule has 0 bridgehead atoms. The van der Waals surface area contributed by atoms with Gasteiger partial charge in [0.25, 0.3) is 10.1 Å². The number of benzene rings is 1. The molecule has 0 heterocycles. The maximum absolute atomic E-state index is 13.1. The van der Waals surface area contributed by atoms with Crippen LogP contribution in [0.3, 0.4) is 0 Å². The van der Waals surface area contributed by atoms with Crippen LogP contribution < -0.4 is 0 Å². The van der Waals surface area contributed by atoms with Gasteiger partial charge in [0.1, 0.15) is 5.69 Å². The molecular weight excluding hydrogens is 249 g/mol. The quantitative estimate of drug-likeness (QED) is 0.496. The molecule has 1 aromatic rings. The lowest BCUT2D eigenvalue weighted by Crippen LogP contribution is -2.20. The minimum absolute atomic E-state index is 0.0310. The van der Waals surface area contributed by atoms with Crippen LogP contribution in [-0.4, -0.2) is 37.3 Å². The number of halogens is 1. The van der Waals surface area contributed by atoms with E-state index in [1.807, 2.05) is 0 Å². The van der Waals surface area contributed by atoms with Crippen molar-refractivity contribution in [2.75, 3.05) is 19.3 Å². The van der Waals surface area contributed by atoms with Crippen molar-refractivity contribution in [3.8, 4) is 0 Å². The van der Waals surface area contributed by atoms with Gasteiger partial charge in [0.05, 0.1) is 12.3 Å². The molecule has 0 aliphatic rings. The first kappa shape index (κ1) is 13.5. The van der Waals surface area contributed by atoms with Crippen LogP contribution in [0.2, 0.25) is 0 Å². The monoisotopic (exact) mass is 261 g/mol. The molecule has 1 N–H and O–H groups in total. The summed E-state index contributed by atoms with van der Waals surface area (Å²) in [5.74, 6) is -0.973. The van der Waals surface area contributed by atoms with Crippen molar-refractivity contribution < 1.29 is 17.4 Å². The Balaban J connectivity index is 2.57. The van der Waals surface area contributed by atoms with Gasteiger partial charge in [-0.1, -0.05) is 17.4 Å². The third kappa shape index (κ3) is 5.36. The molecule has 0 unspecified atom stereocenters. The van der Waals surface area contributed by atoms with Crippen LogP contribution in [0.1, 0.15) is 0 Å². The van der Waals surface area contributed by atoms with E-state index in [2.05, 4.69) is 10.3 Å². The van der Waals surface area contributed by atoms with Crippen molar-refractivity contribution in [3.05, 3.63) is 30.1 Å². The predicted octanol–water partition coefficient (Wildman–Crippen LogP) is 1.64. The summed E-state index contributed by atoms with van der Waals surface area (Å²) in [4.78, 5) is 0. The minimum Gasteiger partial charge on any atom is -0.285 e. The van der Waals surface area contributed by atoms with Gasteiger partial charge in [0.2, 0.25) is 0 Å². The summed E-state index contributed by atoms with van der Waals surface area (Å²) >= 11 is 0. The molecule has 0 aliphatic carbocycles. The zero-order valence-corrected chi connectivity index (χ0v) is 9.93. The van der Waals surface area contributed by atoms with Crippen molar-refractivity contribution >= 4 is 15.8 Å². The Kier molecular flexibility index (Phi) is 4.53. The summed E-state index contributed by atoms with van der Waals surface area (Å²) in [7, 11) is -2.56. The van der Waals surface area contributed by atoms with Gasteiger partial charge >= 0.3 is 0 Å². The molecule has 0 spiro atoms. The third-order valence-electron chi connectivity index (χ3n) is 1.83. The summed E-state index contributed by atoms with van der Waals surface area (Å²) in [6.45, 7) is -0.0310. The predicted molar refractivity (Wildman–Crippen MR) is 60.0 cm³/mol. The van der Waals surface area contributed by atoms with Crippen LogP contribution in [0.5, 0.6) is 0 Å². The molecule has 0 atom stereocenters. The molecule has 1 rings (SSSR count). The summed E-state index contributed by atoms with van der Waals surface area (Å²) in [5.41, 5.74) is 0.0613. The molecule has 0 saturated carbocycles. The first-order chi connectivity index (χ1) is 7.88. The van der Waals surface area contributed by atoms with Crippen molar-refractivity contribution in [2.45, 2.75) is 0 Å². The number of nitrogens with zero attached hydrogens (tertiary/aromatic N) is 3. The Morgan fingerprint density at radius 2 is 2.06 bits per heavy atom. The van der Waals surface area contributed by atoms with Crippen LogP contribution in [0.25, 0.3) is 0 Å². The Bertz CT molecular complexity index is 504. The molecule has 0 fully saturated rings. The summed E-state index contributed by atoms with van der Waals surface area (Å²) in [5, 5.41) is 8.40. The van der Waals surface area contributed by atoms with Gasteiger partial charge in [0.15, 0.2) is 5.82 Å². The Labute approximate surface area is 98.5 Å². The second-order valence-corrected chi connectivity index (χ2v) is 4.88. The fourth-order valence-electron chi connectivity index (χ4n) is 0.950. The highest BCUT2D eigenvalue weighted by Crippen LogP contribution is 2.16. The first-order valence-corrected chi connectivity index (χ1v) is 6.32. The van der Waals surface area contributed by atoms with Gasteiger partial charge in [-0.05, 0) is 12.1 Å². The third-order valence-corrected chi connectivity index (χ3v) is 2.53. The normalized spacial score (nSPS) is 11.9. The maximum Gasteiger partial charge on any atom is 0.266 e. The van der Waals surface area contributed by atoms with Gasteiger partial charge in [-0.15, -0.1) is 5.11 Å². The molecule has 1 aromatic carbocycles. The SMILES string of the molecule is CN(CCS(=O)(=O)O)/N=N/c1ccccc1F. The molecule has 0 amide bonds. The number of rotatable bonds is 5. The lowest BCUT2D eigenvalue weighted by molar-refractivity contribution is 0.346. The molecule has 0 radical (unpaired) electrons. The van der Waals surface area contributed by atoms with Crippen LogP contribution in [0.15, 0.2) is 34.6 Å². The molecule has 17 heavy (non-hydrogen) atoms. The largest absolute Gasteiger partial charge is 0.285 e. The zero-order chi connectivity index (χ0) is 12.9. The molecule has 6 nitrogen and oxygen atoms in total. The van der Waals surface area contributed by atoms with Gasteiger partial charge in [0, 0.05) is 7.05 Å². The van der Waals surface area contributed by atoms with Crippen LogP contribution >= 0.6 is 0 Å². The van der Waals surface area contributed by atoms with E-state index in [1.54, 1.807) is 6.07 Å². The highest BCUT2D eigenvalue weighted by molar-refractivity contribution is 7.85. The van der Waals surface area contributed by atoms with E-state index < -0.39 is 21.7 Å². The standard InChI is InChI=1S/C9H12FN3O3S/c1-13(6-7-17(14,15)16)12-11-9-5-3-2-4-8(9)10/h2-5H,6-7H2,1H3,(H,14,15,16)/b12-11+. The molecule has 0 aromatic heterocycles. The fourth-order valence-corrected chi connectivity index (χ4v) is 1.44. The van der Waals surface area contributed by atoms with E-state index in [4.69, 9.17) is 4.55 Å². The summed E-state index contributed by atoms with van der Waals surface area (Å²) in [6.07, 6.45) is 0. The lowest BCUT2D eigenvalue weighted by Gasteiger charge is -2.09. The minimum atomic E-state index is -4.03. The zero-order valence-electron chi connectivity index (χ0n) is 9.12. The summed E-state index contributed by atoms with van der Waals surface area (Å²) < 4.78 is 42.5. The van der Waals surface area contributed by atoms with Crippen LogP contribution in [0.4, 0.5) is 10.1 Å². The Hall–Kier alpha value is -1.54. The number of hydrogen-bond donors (Lipinski definition) is 1. The molecule has 0 saturated heterocycles. The van der Waals surface area contributed by atoms with Gasteiger partial charge in [-0.2, -0.15) is 8.42 Å². The van der Waals surface area contributed by atoms with Gasteiger partial charge < -0.3 is 0 Å². The van der Waals surface area contributed by atoms with E-state index in [9.17, 15) is 12.8 Å². The topological polar surface area (TPSA) is 82.3 Å². The van der Waals surface area contributed by atoms with E-state index in [1.165, 1.54) is 30.3 Å². The maximum atomic E-state index is 13.1. The summed E-state index contributed by atoms with van der Waals surface area (Å²) in [6, 6.07) is 5.81. The van der Waals surface area contributed by atoms with Gasteiger partial charge in [-0.25, -0.2) is 4.39 Å². The average Bonchev–Trinajstić information content (AvgIpc) is 2.24. The molecule has 0 aliphatic heterocycles. The number of hydrogen-bond acceptors (Lipinski definition) is 4. The van der Waals surface area contributed by atoms with Gasteiger partial charge in [-0.3, -0.25) is 9.56 Å². The van der Waals surface area contributed by atoms with E-state index >= 15 is 0 Å². The van der Waals surface area contributed by atoms with Crippen molar-refractivity contribution in [3.63, 3.8) is 0 Å². The highest BCUT2D eigenvalue weighted by atomic mass is 32.2. The highest BCUT2D eigenvalue weighted by Gasteiger charge is 2.06. The van der Waals surface area contributed by atoms with Crippen LogP contribution in [-0.2, 0) is 10.1 Å². The smallest absolute Gasteiger partial charge is 0.266 e. The molecule has 94 valence electrons. The Morgan fingerprint density at radius 1 is 1.41 bits per heavy atom. The van der Waals surface area contributed by atoms with Crippen LogP contribution in [0, 0.1) is 5.82 Å². The van der Waals surface area contributed by atoms with Crippen molar-refractivity contribution in [1.29, 1.82) is 0 Å². The first-order valence-electron chi connectivity index (χ1n) is 4.71. The molecular formula is C9H12FN3O3S. The second kappa shape index (κ2) is 5.69. The van der Waals surface area contributed by atoms with Crippen molar-refractivity contribution in [1.82, 2.24) is 5.01 Å². The lowest BCUT2D eigenvalue weighted by atomic mass is 10.3. The van der Waals surface area contributed by atoms with E-state index in [0.717, 1.165) is 0 Å². The van der Waals surface area contributed by atoms with Crippen molar-refractivity contribution in [2.24, 2.45) is 10.3 Å².